The van der Waals surface area contributed by atoms with Crippen LogP contribution in [0.25, 0.3) is 5.69 Å². The normalized spacial score (nSPS) is 14.5. The van der Waals surface area contributed by atoms with Crippen molar-refractivity contribution >= 4 is 17.8 Å². The van der Waals surface area contributed by atoms with Gasteiger partial charge in [0.25, 0.3) is 5.91 Å². The molecule has 2 heterocycles. The molecule has 0 aliphatic carbocycles. The standard InChI is InChI=1S/C21H20N6O3/c1-14(16-5-7-18(8-6-16)27-13-22-12-24-27)25-20(29)17-4-2-3-15(9-17)11-26-19(28)10-23-21(26)30/h2-9,12-14H,10-11H2,1H3,(H,23,30)(H,25,29)/t14-/m1/s1. The Balaban J connectivity index is 1.42. The Kier molecular flexibility index (Phi) is 5.25. The Morgan fingerprint density at radius 1 is 1.20 bits per heavy atom. The van der Waals surface area contributed by atoms with Crippen LogP contribution in [0.5, 0.6) is 0 Å². The average Bonchev–Trinajstić information content (AvgIpc) is 3.40. The Hall–Kier alpha value is -4.01. The number of imide groups is 1. The van der Waals surface area contributed by atoms with Gasteiger partial charge in [-0.3, -0.25) is 14.5 Å². The Bertz CT molecular complexity index is 1060. The molecule has 9 nitrogen and oxygen atoms in total. The van der Waals surface area contributed by atoms with Gasteiger partial charge in [-0.25, -0.2) is 14.5 Å². The summed E-state index contributed by atoms with van der Waals surface area (Å²) in [5.74, 6) is -0.514. The zero-order chi connectivity index (χ0) is 21.1. The van der Waals surface area contributed by atoms with E-state index in [2.05, 4.69) is 20.7 Å². The van der Waals surface area contributed by atoms with E-state index in [1.165, 1.54) is 6.33 Å². The second kappa shape index (κ2) is 8.16. The molecule has 2 N–H and O–H groups in total. The second-order valence-electron chi connectivity index (χ2n) is 6.97. The topological polar surface area (TPSA) is 109 Å². The number of amides is 4. The molecule has 0 spiro atoms. The molecule has 1 aliphatic heterocycles. The summed E-state index contributed by atoms with van der Waals surface area (Å²) in [6, 6.07) is 13.9. The van der Waals surface area contributed by atoms with Crippen molar-refractivity contribution < 1.29 is 14.4 Å². The Labute approximate surface area is 172 Å². The molecular formula is C21H20N6O3. The summed E-state index contributed by atoms with van der Waals surface area (Å²) in [6.07, 6.45) is 3.09. The van der Waals surface area contributed by atoms with E-state index >= 15 is 0 Å². The molecule has 1 aromatic heterocycles. The molecule has 0 radical (unpaired) electrons. The van der Waals surface area contributed by atoms with Crippen LogP contribution < -0.4 is 10.6 Å². The van der Waals surface area contributed by atoms with Gasteiger partial charge in [0.15, 0.2) is 0 Å². The lowest BCUT2D eigenvalue weighted by atomic mass is 10.1. The van der Waals surface area contributed by atoms with Gasteiger partial charge in [-0.2, -0.15) is 5.10 Å². The van der Waals surface area contributed by atoms with E-state index in [1.807, 2.05) is 31.2 Å². The van der Waals surface area contributed by atoms with Gasteiger partial charge < -0.3 is 10.6 Å². The molecular weight excluding hydrogens is 384 g/mol. The number of nitrogens with one attached hydrogen (secondary N) is 2. The molecule has 3 aromatic rings. The van der Waals surface area contributed by atoms with E-state index in [-0.39, 0.29) is 30.9 Å². The summed E-state index contributed by atoms with van der Waals surface area (Å²) >= 11 is 0. The molecule has 1 saturated heterocycles. The number of carbonyl (C=O) groups excluding carboxylic acids is 3. The van der Waals surface area contributed by atoms with Gasteiger partial charge in [-0.05, 0) is 42.3 Å². The van der Waals surface area contributed by atoms with E-state index in [0.717, 1.165) is 16.2 Å². The van der Waals surface area contributed by atoms with Crippen LogP contribution in [0.1, 0.15) is 34.5 Å². The number of hydrogen-bond acceptors (Lipinski definition) is 5. The van der Waals surface area contributed by atoms with Gasteiger partial charge in [0, 0.05) is 5.56 Å². The zero-order valence-corrected chi connectivity index (χ0v) is 16.3. The number of nitrogens with zero attached hydrogens (tertiary/aromatic N) is 4. The number of urea groups is 1. The van der Waals surface area contributed by atoms with Crippen LogP contribution in [0.3, 0.4) is 0 Å². The van der Waals surface area contributed by atoms with Crippen LogP contribution >= 0.6 is 0 Å². The molecule has 1 atom stereocenters. The van der Waals surface area contributed by atoms with E-state index in [9.17, 15) is 14.4 Å². The number of rotatable bonds is 6. The molecule has 0 bridgehead atoms. The third-order valence-electron chi connectivity index (χ3n) is 4.89. The first-order chi connectivity index (χ1) is 14.5. The highest BCUT2D eigenvalue weighted by Gasteiger charge is 2.28. The number of benzene rings is 2. The number of carbonyl (C=O) groups is 3. The van der Waals surface area contributed by atoms with Crippen molar-refractivity contribution in [1.29, 1.82) is 0 Å². The Morgan fingerprint density at radius 2 is 2.00 bits per heavy atom. The molecule has 0 saturated carbocycles. The van der Waals surface area contributed by atoms with Crippen molar-refractivity contribution in [3.63, 3.8) is 0 Å². The monoisotopic (exact) mass is 404 g/mol. The summed E-state index contributed by atoms with van der Waals surface area (Å²) in [4.78, 5) is 41.2. The fourth-order valence-corrected chi connectivity index (χ4v) is 3.23. The lowest BCUT2D eigenvalue weighted by Crippen LogP contribution is -2.30. The first-order valence-electron chi connectivity index (χ1n) is 9.44. The van der Waals surface area contributed by atoms with Gasteiger partial charge in [0.05, 0.1) is 24.8 Å². The molecule has 2 aromatic carbocycles. The van der Waals surface area contributed by atoms with Gasteiger partial charge in [0.1, 0.15) is 12.7 Å². The van der Waals surface area contributed by atoms with Crippen molar-refractivity contribution in [2.24, 2.45) is 0 Å². The largest absolute Gasteiger partial charge is 0.346 e. The zero-order valence-electron chi connectivity index (χ0n) is 16.3. The highest BCUT2D eigenvalue weighted by Crippen LogP contribution is 2.17. The maximum Gasteiger partial charge on any atom is 0.324 e. The summed E-state index contributed by atoms with van der Waals surface area (Å²) < 4.78 is 1.66. The SMILES string of the molecule is C[C@@H](NC(=O)c1cccc(CN2C(=O)CNC2=O)c1)c1ccc(-n2cncn2)cc1. The highest BCUT2D eigenvalue weighted by molar-refractivity contribution is 6.02. The number of aromatic nitrogens is 3. The minimum Gasteiger partial charge on any atom is -0.346 e. The van der Waals surface area contributed by atoms with Gasteiger partial charge in [-0.1, -0.05) is 24.3 Å². The van der Waals surface area contributed by atoms with Crippen LogP contribution in [-0.2, 0) is 11.3 Å². The predicted molar refractivity (Wildman–Crippen MR) is 108 cm³/mol. The molecule has 152 valence electrons. The molecule has 30 heavy (non-hydrogen) atoms. The van der Waals surface area contributed by atoms with Crippen molar-refractivity contribution in [1.82, 2.24) is 30.3 Å². The minimum atomic E-state index is -0.419. The highest BCUT2D eigenvalue weighted by atomic mass is 16.2. The third kappa shape index (κ3) is 4.04. The van der Waals surface area contributed by atoms with Crippen molar-refractivity contribution in [2.45, 2.75) is 19.5 Å². The van der Waals surface area contributed by atoms with E-state index < -0.39 is 6.03 Å². The fraction of sp³-hybridized carbons (Fsp3) is 0.190. The van der Waals surface area contributed by atoms with Gasteiger partial charge in [-0.15, -0.1) is 0 Å². The van der Waals surface area contributed by atoms with Crippen LogP contribution in [0, 0.1) is 0 Å². The summed E-state index contributed by atoms with van der Waals surface area (Å²) in [5.41, 5.74) is 2.99. The van der Waals surface area contributed by atoms with Crippen LogP contribution in [-0.4, -0.2) is 44.1 Å². The predicted octanol–water partition coefficient (Wildman–Crippen LogP) is 1.81. The lowest BCUT2D eigenvalue weighted by molar-refractivity contribution is -0.125. The first-order valence-corrected chi connectivity index (χ1v) is 9.44. The summed E-state index contributed by atoms with van der Waals surface area (Å²) in [6.45, 7) is 2.04. The molecule has 4 rings (SSSR count). The summed E-state index contributed by atoms with van der Waals surface area (Å²) in [7, 11) is 0. The molecule has 9 heteroatoms. The van der Waals surface area contributed by atoms with Gasteiger partial charge >= 0.3 is 6.03 Å². The van der Waals surface area contributed by atoms with Gasteiger partial charge in [0.2, 0.25) is 5.91 Å². The smallest absolute Gasteiger partial charge is 0.324 e. The average molecular weight is 404 g/mol. The van der Waals surface area contributed by atoms with Crippen LogP contribution in [0.2, 0.25) is 0 Å². The van der Waals surface area contributed by atoms with Crippen LogP contribution in [0.15, 0.2) is 61.2 Å². The van der Waals surface area contributed by atoms with Crippen molar-refractivity contribution in [3.8, 4) is 5.69 Å². The van der Waals surface area contributed by atoms with Crippen molar-refractivity contribution in [3.05, 3.63) is 77.9 Å². The first kappa shape index (κ1) is 19.3. The fourth-order valence-electron chi connectivity index (χ4n) is 3.23. The van der Waals surface area contributed by atoms with E-state index in [0.29, 0.717) is 11.1 Å². The second-order valence-corrected chi connectivity index (χ2v) is 6.97. The molecule has 0 unspecified atom stereocenters. The third-order valence-corrected chi connectivity index (χ3v) is 4.89. The maximum atomic E-state index is 12.7. The minimum absolute atomic E-state index is 0.00617. The lowest BCUT2D eigenvalue weighted by Gasteiger charge is -2.16. The van der Waals surface area contributed by atoms with Crippen molar-refractivity contribution in [2.75, 3.05) is 6.54 Å². The molecule has 1 aliphatic rings. The van der Waals surface area contributed by atoms with E-state index in [4.69, 9.17) is 0 Å². The molecule has 4 amide bonds. The number of hydrogen-bond donors (Lipinski definition) is 2. The Morgan fingerprint density at radius 3 is 2.67 bits per heavy atom. The maximum absolute atomic E-state index is 12.7. The van der Waals surface area contributed by atoms with Crippen LogP contribution in [0.4, 0.5) is 4.79 Å². The van der Waals surface area contributed by atoms with E-state index in [1.54, 1.807) is 35.3 Å². The summed E-state index contributed by atoms with van der Waals surface area (Å²) in [5, 5.41) is 9.54. The molecule has 1 fully saturated rings. The quantitative estimate of drug-likeness (QED) is 0.609.